The van der Waals surface area contributed by atoms with E-state index in [1.165, 1.54) is 0 Å². The molecule has 0 atom stereocenters. The third-order valence-electron chi connectivity index (χ3n) is 1.65. The molecule has 1 nitrogen and oxygen atoms in total. The smallest absolute Gasteiger partial charge is 0.0629 e. The number of rotatable bonds is 4. The molecule has 0 amide bonds. The van der Waals surface area contributed by atoms with E-state index in [9.17, 15) is 0 Å². The lowest BCUT2D eigenvalue weighted by Crippen LogP contribution is -1.76. The summed E-state index contributed by atoms with van der Waals surface area (Å²) in [6.07, 6.45) is 9.22. The van der Waals surface area contributed by atoms with E-state index in [2.05, 4.69) is 30.8 Å². The molecule has 0 spiro atoms. The number of allylic oxidation sites excluding steroid dienone is 4. The largest absolute Gasteiger partial charge is 0.257 e. The van der Waals surface area contributed by atoms with E-state index >= 15 is 0 Å². The van der Waals surface area contributed by atoms with E-state index in [0.717, 1.165) is 11.3 Å². The first-order valence-corrected chi connectivity index (χ1v) is 4.97. The summed E-state index contributed by atoms with van der Waals surface area (Å²) in [5.41, 5.74) is 1.80. The molecule has 1 aromatic rings. The van der Waals surface area contributed by atoms with E-state index in [0.29, 0.717) is 4.91 Å². The van der Waals surface area contributed by atoms with Crippen molar-refractivity contribution in [2.24, 2.45) is 0 Å². The molecule has 1 heterocycles. The summed E-state index contributed by atoms with van der Waals surface area (Å²) in [6, 6.07) is 5.77. The minimum Gasteiger partial charge on any atom is -0.257 e. The fourth-order valence-electron chi connectivity index (χ4n) is 0.926. The zero-order chi connectivity index (χ0) is 11.1. The molecule has 0 aromatic carbocycles. The highest BCUT2D eigenvalue weighted by Crippen LogP contribution is 2.05. The van der Waals surface area contributed by atoms with E-state index in [-0.39, 0.29) is 0 Å². The molecule has 0 aliphatic rings. The van der Waals surface area contributed by atoms with Gasteiger partial charge in [-0.05, 0) is 34.8 Å². The van der Waals surface area contributed by atoms with Crippen molar-refractivity contribution in [3.8, 4) is 0 Å². The summed E-state index contributed by atoms with van der Waals surface area (Å²) < 4.78 is 0. The average Bonchev–Trinajstić information content (AvgIpc) is 2.25. The van der Waals surface area contributed by atoms with Gasteiger partial charge in [-0.2, -0.15) is 0 Å². The molecule has 2 heteroatoms. The molecule has 0 bridgehead atoms. The van der Waals surface area contributed by atoms with Crippen LogP contribution in [0.15, 0.2) is 66.3 Å². The van der Waals surface area contributed by atoms with Gasteiger partial charge >= 0.3 is 0 Å². The van der Waals surface area contributed by atoms with Crippen LogP contribution in [0, 0.1) is 0 Å². The number of hydrogen-bond acceptors (Lipinski definition) is 2. The third kappa shape index (κ3) is 5.03. The Hall–Kier alpha value is -1.54. The van der Waals surface area contributed by atoms with Crippen LogP contribution in [0.2, 0.25) is 0 Å². The van der Waals surface area contributed by atoms with Crippen LogP contribution in [-0.2, 0) is 0 Å². The second-order valence-electron chi connectivity index (χ2n) is 2.99. The predicted octanol–water partition coefficient (Wildman–Crippen LogP) is 3.65. The molecule has 1 rings (SSSR count). The Kier molecular flexibility index (Phi) is 4.64. The Balaban J connectivity index is 2.59. The minimum atomic E-state index is 0.711. The predicted molar refractivity (Wildman–Crippen MR) is 69.7 cm³/mol. The number of hydrogen-bond donors (Lipinski definition) is 1. The maximum absolute atomic E-state index is 4.16. The highest BCUT2D eigenvalue weighted by molar-refractivity contribution is 7.84. The molecule has 76 valence electrons. The van der Waals surface area contributed by atoms with Gasteiger partial charge in [-0.15, -0.1) is 12.6 Å². The Morgan fingerprint density at radius 3 is 2.60 bits per heavy atom. The van der Waals surface area contributed by atoms with Crippen molar-refractivity contribution in [2.45, 2.75) is 0 Å². The van der Waals surface area contributed by atoms with Gasteiger partial charge in [0.15, 0.2) is 0 Å². The van der Waals surface area contributed by atoms with Crippen LogP contribution in [0.3, 0.4) is 0 Å². The summed E-state index contributed by atoms with van der Waals surface area (Å²) in [5, 5.41) is 0. The van der Waals surface area contributed by atoms with Gasteiger partial charge in [-0.3, -0.25) is 4.98 Å². The van der Waals surface area contributed by atoms with Crippen LogP contribution in [0.25, 0.3) is 6.08 Å². The Bertz CT molecular complexity index is 402. The zero-order valence-corrected chi connectivity index (χ0v) is 9.32. The molecule has 0 radical (unpaired) electrons. The van der Waals surface area contributed by atoms with Gasteiger partial charge in [-0.25, -0.2) is 0 Å². The van der Waals surface area contributed by atoms with Gasteiger partial charge in [0.05, 0.1) is 5.69 Å². The molecular weight excluding hydrogens is 202 g/mol. The molecule has 0 aliphatic carbocycles. The first-order valence-electron chi connectivity index (χ1n) is 4.52. The van der Waals surface area contributed by atoms with Crippen molar-refractivity contribution in [2.75, 3.05) is 0 Å². The molecule has 0 aliphatic heterocycles. The molecule has 0 fully saturated rings. The summed E-state index contributed by atoms with van der Waals surface area (Å²) in [4.78, 5) is 4.87. The van der Waals surface area contributed by atoms with Crippen LogP contribution in [0.1, 0.15) is 5.69 Å². The standard InChI is InChI=1S/C13H13NS/c1-11(6-8-12(2)15)7-9-13-5-3-4-10-14-13/h3-10,15H,1-2H2/b8-6-,9-7+. The maximum Gasteiger partial charge on any atom is 0.0629 e. The summed E-state index contributed by atoms with van der Waals surface area (Å²) in [6.45, 7) is 7.51. The number of aromatic nitrogens is 1. The Morgan fingerprint density at radius 2 is 2.00 bits per heavy atom. The monoisotopic (exact) mass is 215 g/mol. The lowest BCUT2D eigenvalue weighted by molar-refractivity contribution is 1.30. The molecule has 15 heavy (non-hydrogen) atoms. The van der Waals surface area contributed by atoms with Gasteiger partial charge < -0.3 is 0 Å². The average molecular weight is 215 g/mol. The van der Waals surface area contributed by atoms with Crippen molar-refractivity contribution in [1.29, 1.82) is 0 Å². The van der Waals surface area contributed by atoms with Crippen molar-refractivity contribution in [1.82, 2.24) is 4.98 Å². The first-order chi connectivity index (χ1) is 7.18. The second-order valence-corrected chi connectivity index (χ2v) is 3.56. The van der Waals surface area contributed by atoms with Gasteiger partial charge in [0.1, 0.15) is 0 Å². The summed E-state index contributed by atoms with van der Waals surface area (Å²) >= 11 is 4.05. The van der Waals surface area contributed by atoms with Crippen LogP contribution in [0.5, 0.6) is 0 Å². The van der Waals surface area contributed by atoms with Crippen molar-refractivity contribution in [3.05, 3.63) is 72.0 Å². The molecular formula is C13H13NS. The molecule has 0 N–H and O–H groups in total. The molecule has 1 aromatic heterocycles. The highest BCUT2D eigenvalue weighted by atomic mass is 32.1. The van der Waals surface area contributed by atoms with Crippen molar-refractivity contribution < 1.29 is 0 Å². The summed E-state index contributed by atoms with van der Waals surface area (Å²) in [7, 11) is 0. The lowest BCUT2D eigenvalue weighted by atomic mass is 10.2. The summed E-state index contributed by atoms with van der Waals surface area (Å²) in [5.74, 6) is 0. The van der Waals surface area contributed by atoms with E-state index in [4.69, 9.17) is 0 Å². The fourth-order valence-corrected chi connectivity index (χ4v) is 1.00. The van der Waals surface area contributed by atoms with E-state index in [1.54, 1.807) is 12.3 Å². The molecule has 0 saturated carbocycles. The van der Waals surface area contributed by atoms with E-state index in [1.807, 2.05) is 36.4 Å². The van der Waals surface area contributed by atoms with Gasteiger partial charge in [0.25, 0.3) is 0 Å². The van der Waals surface area contributed by atoms with Gasteiger partial charge in [0.2, 0.25) is 0 Å². The third-order valence-corrected chi connectivity index (χ3v) is 1.79. The maximum atomic E-state index is 4.16. The SMILES string of the molecule is C=C(S)/C=C\C(=C)/C=C/c1ccccn1. The number of nitrogens with zero attached hydrogens (tertiary/aromatic N) is 1. The van der Waals surface area contributed by atoms with Crippen molar-refractivity contribution in [3.63, 3.8) is 0 Å². The Labute approximate surface area is 96.0 Å². The van der Waals surface area contributed by atoms with Crippen LogP contribution >= 0.6 is 12.6 Å². The van der Waals surface area contributed by atoms with Gasteiger partial charge in [-0.1, -0.05) is 31.4 Å². The minimum absolute atomic E-state index is 0.711. The Morgan fingerprint density at radius 1 is 1.20 bits per heavy atom. The van der Waals surface area contributed by atoms with Gasteiger partial charge in [0, 0.05) is 6.20 Å². The topological polar surface area (TPSA) is 12.9 Å². The lowest BCUT2D eigenvalue weighted by Gasteiger charge is -1.91. The quantitative estimate of drug-likeness (QED) is 0.597. The zero-order valence-electron chi connectivity index (χ0n) is 8.43. The molecule has 0 unspecified atom stereocenters. The fraction of sp³-hybridized carbons (Fsp3) is 0. The van der Waals surface area contributed by atoms with Crippen LogP contribution < -0.4 is 0 Å². The molecule has 0 saturated heterocycles. The first kappa shape index (κ1) is 11.5. The second kappa shape index (κ2) is 6.04. The number of thiol groups is 1. The van der Waals surface area contributed by atoms with Crippen LogP contribution in [0.4, 0.5) is 0 Å². The van der Waals surface area contributed by atoms with Crippen molar-refractivity contribution >= 4 is 18.7 Å². The van der Waals surface area contributed by atoms with E-state index < -0.39 is 0 Å². The normalized spacial score (nSPS) is 11.0. The van der Waals surface area contributed by atoms with Crippen LogP contribution in [-0.4, -0.2) is 4.98 Å². The highest BCUT2D eigenvalue weighted by Gasteiger charge is 1.85. The number of pyridine rings is 1.